The van der Waals surface area contributed by atoms with Crippen LogP contribution in [-0.2, 0) is 13.1 Å². The van der Waals surface area contributed by atoms with Crippen molar-refractivity contribution in [1.29, 1.82) is 0 Å². The average Bonchev–Trinajstić information content (AvgIpc) is 2.67. The van der Waals surface area contributed by atoms with Gasteiger partial charge in [-0.3, -0.25) is 0 Å². The van der Waals surface area contributed by atoms with Gasteiger partial charge in [-0.2, -0.15) is 0 Å². The molecule has 4 heteroatoms. The molecule has 2 rings (SSSR count). The van der Waals surface area contributed by atoms with E-state index in [-0.39, 0.29) is 5.82 Å². The SMILES string of the molecule is Cc1nccn1Cc1ccc(CN)cc1F. The van der Waals surface area contributed by atoms with Gasteiger partial charge < -0.3 is 10.3 Å². The maximum Gasteiger partial charge on any atom is 0.128 e. The molecule has 1 aromatic heterocycles. The van der Waals surface area contributed by atoms with E-state index in [2.05, 4.69) is 4.98 Å². The van der Waals surface area contributed by atoms with Crippen LogP contribution >= 0.6 is 0 Å². The first-order chi connectivity index (χ1) is 7.70. The molecule has 0 saturated heterocycles. The standard InChI is InChI=1S/C12H14FN3/c1-9-15-4-5-16(9)8-11-3-2-10(7-14)6-12(11)13/h2-6H,7-8,14H2,1H3. The van der Waals surface area contributed by atoms with E-state index in [4.69, 9.17) is 5.73 Å². The van der Waals surface area contributed by atoms with Gasteiger partial charge in [0.1, 0.15) is 11.6 Å². The second-order valence-corrected chi connectivity index (χ2v) is 3.73. The van der Waals surface area contributed by atoms with Gasteiger partial charge in [-0.1, -0.05) is 12.1 Å². The molecule has 0 amide bonds. The van der Waals surface area contributed by atoms with Crippen LogP contribution < -0.4 is 5.73 Å². The van der Waals surface area contributed by atoms with Gasteiger partial charge in [0.05, 0.1) is 6.54 Å². The number of halogens is 1. The van der Waals surface area contributed by atoms with Gasteiger partial charge in [0.15, 0.2) is 0 Å². The van der Waals surface area contributed by atoms with E-state index in [1.165, 1.54) is 6.07 Å². The van der Waals surface area contributed by atoms with Gasteiger partial charge in [0.25, 0.3) is 0 Å². The summed E-state index contributed by atoms with van der Waals surface area (Å²) in [4.78, 5) is 4.10. The highest BCUT2D eigenvalue weighted by Crippen LogP contribution is 2.12. The molecule has 0 radical (unpaired) electrons. The molecule has 2 N–H and O–H groups in total. The quantitative estimate of drug-likeness (QED) is 0.856. The molecule has 0 atom stereocenters. The van der Waals surface area contributed by atoms with Gasteiger partial charge in [0, 0.05) is 24.5 Å². The Morgan fingerprint density at radius 1 is 1.44 bits per heavy atom. The van der Waals surface area contributed by atoms with Crippen LogP contribution in [0.2, 0.25) is 0 Å². The second kappa shape index (κ2) is 4.45. The third kappa shape index (κ3) is 2.12. The maximum atomic E-state index is 13.7. The van der Waals surface area contributed by atoms with Crippen LogP contribution in [0, 0.1) is 12.7 Å². The average molecular weight is 219 g/mol. The van der Waals surface area contributed by atoms with E-state index >= 15 is 0 Å². The molecule has 0 saturated carbocycles. The van der Waals surface area contributed by atoms with Crippen LogP contribution in [-0.4, -0.2) is 9.55 Å². The Labute approximate surface area is 93.7 Å². The molecule has 0 aliphatic rings. The predicted octanol–water partition coefficient (Wildman–Crippen LogP) is 1.84. The van der Waals surface area contributed by atoms with E-state index in [1.807, 2.05) is 23.8 Å². The zero-order valence-corrected chi connectivity index (χ0v) is 9.15. The van der Waals surface area contributed by atoms with Crippen LogP contribution in [0.25, 0.3) is 0 Å². The number of hydrogen-bond donors (Lipinski definition) is 1. The smallest absolute Gasteiger partial charge is 0.128 e. The Morgan fingerprint density at radius 2 is 2.25 bits per heavy atom. The Morgan fingerprint density at radius 3 is 2.81 bits per heavy atom. The largest absolute Gasteiger partial charge is 0.331 e. The highest BCUT2D eigenvalue weighted by Gasteiger charge is 2.05. The van der Waals surface area contributed by atoms with E-state index in [0.29, 0.717) is 18.7 Å². The lowest BCUT2D eigenvalue weighted by atomic mass is 10.1. The molecule has 0 aliphatic carbocycles. The van der Waals surface area contributed by atoms with Gasteiger partial charge >= 0.3 is 0 Å². The molecular formula is C12H14FN3. The monoisotopic (exact) mass is 219 g/mol. The summed E-state index contributed by atoms with van der Waals surface area (Å²) in [5.41, 5.74) is 6.91. The van der Waals surface area contributed by atoms with E-state index in [0.717, 1.165) is 11.4 Å². The minimum Gasteiger partial charge on any atom is -0.331 e. The van der Waals surface area contributed by atoms with Crippen LogP contribution in [0.3, 0.4) is 0 Å². The van der Waals surface area contributed by atoms with Gasteiger partial charge in [-0.15, -0.1) is 0 Å². The Balaban J connectivity index is 2.25. The Bertz CT molecular complexity index is 491. The lowest BCUT2D eigenvalue weighted by Crippen LogP contribution is -2.04. The molecule has 0 bridgehead atoms. The topological polar surface area (TPSA) is 43.8 Å². The molecule has 0 unspecified atom stereocenters. The van der Waals surface area contributed by atoms with Crippen LogP contribution in [0.1, 0.15) is 17.0 Å². The van der Waals surface area contributed by atoms with Crippen LogP contribution in [0.15, 0.2) is 30.6 Å². The third-order valence-corrected chi connectivity index (χ3v) is 2.62. The lowest BCUT2D eigenvalue weighted by molar-refractivity contribution is 0.595. The third-order valence-electron chi connectivity index (χ3n) is 2.62. The molecule has 0 aliphatic heterocycles. The van der Waals surface area contributed by atoms with E-state index in [1.54, 1.807) is 12.3 Å². The molecule has 2 aromatic rings. The number of nitrogens with two attached hydrogens (primary N) is 1. The van der Waals surface area contributed by atoms with Gasteiger partial charge in [-0.25, -0.2) is 9.37 Å². The predicted molar refractivity (Wildman–Crippen MR) is 60.4 cm³/mol. The van der Waals surface area contributed by atoms with Crippen molar-refractivity contribution in [3.8, 4) is 0 Å². The summed E-state index contributed by atoms with van der Waals surface area (Å²) in [5, 5.41) is 0. The number of hydrogen-bond acceptors (Lipinski definition) is 2. The normalized spacial score (nSPS) is 10.7. The number of imidazole rings is 1. The Kier molecular flexibility index (Phi) is 3.01. The van der Waals surface area contributed by atoms with E-state index in [9.17, 15) is 4.39 Å². The van der Waals surface area contributed by atoms with Crippen LogP contribution in [0.4, 0.5) is 4.39 Å². The molecule has 1 heterocycles. The molecule has 0 spiro atoms. The van der Waals surface area contributed by atoms with Crippen molar-refractivity contribution in [3.05, 3.63) is 53.4 Å². The van der Waals surface area contributed by atoms with Crippen LogP contribution in [0.5, 0.6) is 0 Å². The zero-order chi connectivity index (χ0) is 11.5. The number of benzene rings is 1. The molecule has 1 aromatic carbocycles. The van der Waals surface area contributed by atoms with Crippen molar-refractivity contribution in [3.63, 3.8) is 0 Å². The van der Waals surface area contributed by atoms with Crippen molar-refractivity contribution in [1.82, 2.24) is 9.55 Å². The second-order valence-electron chi connectivity index (χ2n) is 3.73. The number of nitrogens with zero attached hydrogens (tertiary/aromatic N) is 2. The summed E-state index contributed by atoms with van der Waals surface area (Å²) < 4.78 is 15.6. The van der Waals surface area contributed by atoms with Crippen molar-refractivity contribution >= 4 is 0 Å². The molecule has 84 valence electrons. The zero-order valence-electron chi connectivity index (χ0n) is 9.15. The fourth-order valence-electron chi connectivity index (χ4n) is 1.60. The first kappa shape index (κ1) is 10.8. The fourth-order valence-corrected chi connectivity index (χ4v) is 1.60. The van der Waals surface area contributed by atoms with Crippen molar-refractivity contribution < 1.29 is 4.39 Å². The molecular weight excluding hydrogens is 205 g/mol. The number of aryl methyl sites for hydroxylation is 1. The van der Waals surface area contributed by atoms with Crippen molar-refractivity contribution in [2.75, 3.05) is 0 Å². The summed E-state index contributed by atoms with van der Waals surface area (Å²) >= 11 is 0. The lowest BCUT2D eigenvalue weighted by Gasteiger charge is -2.07. The van der Waals surface area contributed by atoms with Gasteiger partial charge in [-0.05, 0) is 18.6 Å². The van der Waals surface area contributed by atoms with E-state index < -0.39 is 0 Å². The number of aromatic nitrogens is 2. The first-order valence-corrected chi connectivity index (χ1v) is 5.16. The summed E-state index contributed by atoms with van der Waals surface area (Å²) in [6.07, 6.45) is 3.55. The molecule has 0 fully saturated rings. The summed E-state index contributed by atoms with van der Waals surface area (Å²) in [5.74, 6) is 0.665. The number of rotatable bonds is 3. The maximum absolute atomic E-state index is 13.7. The fraction of sp³-hybridized carbons (Fsp3) is 0.250. The Hall–Kier alpha value is -1.68. The summed E-state index contributed by atoms with van der Waals surface area (Å²) in [6.45, 7) is 2.76. The van der Waals surface area contributed by atoms with Crippen molar-refractivity contribution in [2.45, 2.75) is 20.0 Å². The van der Waals surface area contributed by atoms with Crippen molar-refractivity contribution in [2.24, 2.45) is 5.73 Å². The minimum absolute atomic E-state index is 0.212. The van der Waals surface area contributed by atoms with Gasteiger partial charge in [0.2, 0.25) is 0 Å². The molecule has 16 heavy (non-hydrogen) atoms. The first-order valence-electron chi connectivity index (χ1n) is 5.16. The summed E-state index contributed by atoms with van der Waals surface area (Å²) in [6, 6.07) is 5.11. The summed E-state index contributed by atoms with van der Waals surface area (Å²) in [7, 11) is 0. The highest BCUT2D eigenvalue weighted by atomic mass is 19.1. The molecule has 3 nitrogen and oxygen atoms in total. The minimum atomic E-state index is -0.212. The highest BCUT2D eigenvalue weighted by molar-refractivity contribution is 5.24.